The van der Waals surface area contributed by atoms with E-state index in [0.717, 1.165) is 0 Å². The van der Waals surface area contributed by atoms with Gasteiger partial charge in [0.15, 0.2) is 0 Å². The Labute approximate surface area is 140 Å². The Kier molecular flexibility index (Phi) is 11.3. The van der Waals surface area contributed by atoms with Gasteiger partial charge in [-0.3, -0.25) is 9.59 Å². The van der Waals surface area contributed by atoms with Crippen LogP contribution in [0.4, 0.5) is 13.2 Å². The highest BCUT2D eigenvalue weighted by molar-refractivity contribution is 5.82. The second kappa shape index (κ2) is 11.0. The van der Waals surface area contributed by atoms with Crippen LogP contribution < -0.4 is 5.32 Å². The van der Waals surface area contributed by atoms with Crippen LogP contribution in [-0.4, -0.2) is 61.5 Å². The Morgan fingerprint density at radius 1 is 1.17 bits per heavy atom. The van der Waals surface area contributed by atoms with E-state index in [-0.39, 0.29) is 12.1 Å². The third-order valence-corrected chi connectivity index (χ3v) is 2.70. The number of carbonyl (C=O) groups excluding carboxylic acids is 3. The van der Waals surface area contributed by atoms with Gasteiger partial charge in [-0.2, -0.15) is 13.2 Å². The predicted molar refractivity (Wildman–Crippen MR) is 83.3 cm³/mol. The van der Waals surface area contributed by atoms with Gasteiger partial charge in [-0.15, -0.1) is 0 Å². The monoisotopic (exact) mass is 356 g/mol. The Morgan fingerprint density at radius 3 is 1.96 bits per heavy atom. The smallest absolute Gasteiger partial charge is 0.462 e. The van der Waals surface area contributed by atoms with Gasteiger partial charge in [0, 0.05) is 19.0 Å². The summed E-state index contributed by atoms with van der Waals surface area (Å²) in [4.78, 5) is 32.4. The molecule has 1 heterocycles. The van der Waals surface area contributed by atoms with E-state index in [9.17, 15) is 27.6 Å². The number of amides is 1. The summed E-state index contributed by atoms with van der Waals surface area (Å²) in [6.07, 6.45) is -4.32. The third kappa shape index (κ3) is 11.0. The number of hydrogen-bond donors (Lipinski definition) is 1. The number of ether oxygens (including phenoxy) is 1. The first kappa shape index (κ1) is 24.6. The molecule has 142 valence electrons. The molecule has 9 heteroatoms. The molecule has 0 spiro atoms. The molecule has 0 bridgehead atoms. The summed E-state index contributed by atoms with van der Waals surface area (Å²) < 4.78 is 40.3. The fraction of sp³-hybridized carbons (Fsp3) is 0.800. The highest BCUT2D eigenvalue weighted by atomic mass is 19.4. The van der Waals surface area contributed by atoms with Gasteiger partial charge in [-0.25, -0.2) is 0 Å². The van der Waals surface area contributed by atoms with Crippen molar-refractivity contribution in [1.82, 2.24) is 10.2 Å². The lowest BCUT2D eigenvalue weighted by atomic mass is 10.1. The molecule has 2 unspecified atom stereocenters. The first-order valence-electron chi connectivity index (χ1n) is 7.53. The lowest BCUT2D eigenvalue weighted by Crippen LogP contribution is -2.46. The summed E-state index contributed by atoms with van der Waals surface area (Å²) in [5.74, 6) is -2.56. The maximum Gasteiger partial charge on any atom is 0.471 e. The molecule has 1 aliphatic rings. The highest BCUT2D eigenvalue weighted by Crippen LogP contribution is 2.18. The molecule has 1 fully saturated rings. The minimum absolute atomic E-state index is 0.255. The van der Waals surface area contributed by atoms with E-state index >= 15 is 0 Å². The molecule has 0 aromatic rings. The van der Waals surface area contributed by atoms with Gasteiger partial charge in [0.05, 0.1) is 6.04 Å². The van der Waals surface area contributed by atoms with Crippen molar-refractivity contribution in [2.24, 2.45) is 5.92 Å². The van der Waals surface area contributed by atoms with Crippen molar-refractivity contribution in [2.45, 2.75) is 52.4 Å². The van der Waals surface area contributed by atoms with Gasteiger partial charge < -0.3 is 19.7 Å². The number of carbonyl (C=O) groups is 3. The molecule has 1 amide bonds. The zero-order valence-corrected chi connectivity index (χ0v) is 14.9. The van der Waals surface area contributed by atoms with Crippen molar-refractivity contribution in [2.75, 3.05) is 20.1 Å². The van der Waals surface area contributed by atoms with E-state index in [2.05, 4.69) is 4.74 Å². The van der Waals surface area contributed by atoms with Crippen LogP contribution in [0, 0.1) is 5.92 Å². The van der Waals surface area contributed by atoms with E-state index in [4.69, 9.17) is 0 Å². The summed E-state index contributed by atoms with van der Waals surface area (Å²) >= 11 is 0. The third-order valence-electron chi connectivity index (χ3n) is 2.70. The number of likely N-dealkylation sites (tertiary alicyclic amines) is 1. The van der Waals surface area contributed by atoms with E-state index in [0.29, 0.717) is 19.3 Å². The molecule has 0 radical (unpaired) electrons. The average Bonchev–Trinajstić information content (AvgIpc) is 2.79. The lowest BCUT2D eigenvalue weighted by molar-refractivity contribution is -0.174. The fourth-order valence-electron chi connectivity index (χ4n) is 1.72. The molecule has 24 heavy (non-hydrogen) atoms. The zero-order chi connectivity index (χ0) is 19.6. The zero-order valence-electron chi connectivity index (χ0n) is 14.9. The normalized spacial score (nSPS) is 20.7. The molecule has 0 aliphatic carbocycles. The Balaban J connectivity index is 0. The second-order valence-electron chi connectivity index (χ2n) is 5.93. The maximum atomic E-state index is 11.9. The van der Waals surface area contributed by atoms with Crippen LogP contribution in [-0.2, 0) is 19.1 Å². The minimum Gasteiger partial charge on any atom is -0.462 e. The summed E-state index contributed by atoms with van der Waals surface area (Å²) in [5.41, 5.74) is -0.318. The van der Waals surface area contributed by atoms with Crippen LogP contribution in [0.15, 0.2) is 0 Å². The van der Waals surface area contributed by atoms with Gasteiger partial charge >= 0.3 is 12.1 Å². The number of alkyl halides is 3. The largest absolute Gasteiger partial charge is 0.471 e. The number of halogens is 3. The van der Waals surface area contributed by atoms with Crippen molar-refractivity contribution in [3.8, 4) is 0 Å². The summed E-state index contributed by atoms with van der Waals surface area (Å²) in [7, 11) is 1.68. The van der Waals surface area contributed by atoms with Crippen LogP contribution in [0.5, 0.6) is 0 Å². The van der Waals surface area contributed by atoms with E-state index in [1.807, 2.05) is 39.9 Å². The molecule has 6 nitrogen and oxygen atoms in total. The van der Waals surface area contributed by atoms with Gasteiger partial charge in [0.1, 0.15) is 11.9 Å². The number of aldehydes is 1. The predicted octanol–water partition coefficient (Wildman–Crippen LogP) is 1.78. The molecule has 0 aromatic carbocycles. The van der Waals surface area contributed by atoms with Gasteiger partial charge in [-0.1, -0.05) is 13.8 Å². The second-order valence-corrected chi connectivity index (χ2v) is 5.93. The number of rotatable bonds is 3. The number of hydrogen-bond acceptors (Lipinski definition) is 5. The van der Waals surface area contributed by atoms with E-state index in [1.54, 1.807) is 11.9 Å². The summed E-state index contributed by atoms with van der Waals surface area (Å²) in [6, 6.07) is -0.748. The molecule has 1 N–H and O–H groups in total. The topological polar surface area (TPSA) is 75.7 Å². The van der Waals surface area contributed by atoms with Crippen molar-refractivity contribution >= 4 is 18.7 Å². The van der Waals surface area contributed by atoms with Crippen molar-refractivity contribution in [3.05, 3.63) is 0 Å². The van der Waals surface area contributed by atoms with Crippen LogP contribution in [0.25, 0.3) is 0 Å². The Bertz CT molecular complexity index is 395. The maximum absolute atomic E-state index is 11.9. The first-order valence-corrected chi connectivity index (χ1v) is 7.53. The molecule has 2 atom stereocenters. The number of nitrogens with zero attached hydrogens (tertiary/aromatic N) is 1. The van der Waals surface area contributed by atoms with E-state index < -0.39 is 24.0 Å². The standard InChI is InChI=1S/C8H11F3N2O2.C5H10O2.C2H6/c1-13-2-5(4-14)6(3-13)12-7(15)8(9,10)11;1-5(2,3)7-4-6;1-2/h4-6H,2-3H2,1H3,(H,12,15);4H,1-3H3;1-2H3. The van der Waals surface area contributed by atoms with E-state index in [1.165, 1.54) is 0 Å². The molecule has 1 aliphatic heterocycles. The van der Waals surface area contributed by atoms with Gasteiger partial charge in [0.25, 0.3) is 6.47 Å². The fourth-order valence-corrected chi connectivity index (χ4v) is 1.72. The molecular formula is C15H27F3N2O4. The molecule has 0 aromatic heterocycles. The van der Waals surface area contributed by atoms with Crippen molar-refractivity contribution in [1.29, 1.82) is 0 Å². The van der Waals surface area contributed by atoms with Gasteiger partial charge in [0.2, 0.25) is 0 Å². The molecule has 0 saturated carbocycles. The minimum atomic E-state index is -4.89. The van der Waals surface area contributed by atoms with Crippen molar-refractivity contribution < 1.29 is 32.3 Å². The first-order chi connectivity index (χ1) is 10.9. The van der Waals surface area contributed by atoms with Crippen molar-refractivity contribution in [3.63, 3.8) is 0 Å². The van der Waals surface area contributed by atoms with Gasteiger partial charge in [-0.05, 0) is 27.8 Å². The lowest BCUT2D eigenvalue weighted by Gasteiger charge is -2.16. The summed E-state index contributed by atoms with van der Waals surface area (Å²) in [6.45, 7) is 10.5. The van der Waals surface area contributed by atoms with Crippen LogP contribution in [0.3, 0.4) is 0 Å². The highest BCUT2D eigenvalue weighted by Gasteiger charge is 2.42. The number of likely N-dealkylation sites (N-methyl/N-ethyl adjacent to an activating group) is 1. The average molecular weight is 356 g/mol. The molecule has 1 rings (SSSR count). The number of nitrogens with one attached hydrogen (secondary N) is 1. The quantitative estimate of drug-likeness (QED) is 0.780. The Hall–Kier alpha value is -1.64. The van der Waals surface area contributed by atoms with Crippen LogP contribution in [0.2, 0.25) is 0 Å². The SMILES string of the molecule is CC.CC(C)(C)OC=O.CN1CC(C=O)C(NC(=O)C(F)(F)F)C1. The molecule has 1 saturated heterocycles. The van der Waals surface area contributed by atoms with Crippen LogP contribution in [0.1, 0.15) is 34.6 Å². The summed E-state index contributed by atoms with van der Waals surface area (Å²) in [5, 5.41) is 1.81. The van der Waals surface area contributed by atoms with Crippen LogP contribution >= 0.6 is 0 Å². The molecular weight excluding hydrogens is 329 g/mol. The Morgan fingerprint density at radius 2 is 1.67 bits per heavy atom.